The molecule has 3 atom stereocenters. The SMILES string of the molecule is CC1=N/C(=C2\CN(C(=O)c3ccc(F)cc3O[C@@H]3CC4CC[C@H](C3)N4CCO)CC2=N)NC(C)=C1Cl. The largest absolute Gasteiger partial charge is 0.489 e. The van der Waals surface area contributed by atoms with Crippen LogP contribution in [0.5, 0.6) is 5.75 Å². The van der Waals surface area contributed by atoms with Gasteiger partial charge in [-0.3, -0.25) is 9.69 Å². The molecule has 4 aliphatic heterocycles. The molecule has 1 amide bonds. The molecule has 5 rings (SSSR count). The predicted molar refractivity (Wildman–Crippen MR) is 136 cm³/mol. The first-order valence-corrected chi connectivity index (χ1v) is 12.7. The number of piperidine rings is 1. The van der Waals surface area contributed by atoms with Crippen molar-refractivity contribution in [3.8, 4) is 5.75 Å². The number of carbonyl (C=O) groups excluding carboxylic acids is 1. The third-order valence-corrected chi connectivity index (χ3v) is 8.09. The average molecular weight is 516 g/mol. The zero-order valence-electron chi connectivity index (χ0n) is 20.5. The van der Waals surface area contributed by atoms with Crippen molar-refractivity contribution in [1.82, 2.24) is 15.1 Å². The molecule has 3 N–H and O–H groups in total. The number of allylic oxidation sites excluding steroid dienone is 2. The van der Waals surface area contributed by atoms with Gasteiger partial charge in [0.2, 0.25) is 0 Å². The summed E-state index contributed by atoms with van der Waals surface area (Å²) in [5.74, 6) is -0.0133. The van der Waals surface area contributed by atoms with Gasteiger partial charge in [-0.2, -0.15) is 0 Å². The van der Waals surface area contributed by atoms with E-state index < -0.39 is 5.82 Å². The van der Waals surface area contributed by atoms with Crippen molar-refractivity contribution in [3.63, 3.8) is 0 Å². The van der Waals surface area contributed by atoms with E-state index in [2.05, 4.69) is 15.2 Å². The van der Waals surface area contributed by atoms with Crippen molar-refractivity contribution >= 4 is 28.9 Å². The van der Waals surface area contributed by atoms with Crippen molar-refractivity contribution in [2.24, 2.45) is 4.99 Å². The van der Waals surface area contributed by atoms with Gasteiger partial charge < -0.3 is 25.5 Å². The summed E-state index contributed by atoms with van der Waals surface area (Å²) in [6.45, 7) is 4.77. The van der Waals surface area contributed by atoms with E-state index in [1.807, 2.05) is 6.92 Å². The minimum Gasteiger partial charge on any atom is -0.489 e. The number of halogens is 2. The summed E-state index contributed by atoms with van der Waals surface area (Å²) in [5.41, 5.74) is 2.61. The van der Waals surface area contributed by atoms with Crippen LogP contribution in [0.1, 0.15) is 49.9 Å². The molecule has 4 heterocycles. The molecule has 0 aliphatic carbocycles. The van der Waals surface area contributed by atoms with Crippen LogP contribution in [0.25, 0.3) is 0 Å². The van der Waals surface area contributed by atoms with Crippen LogP contribution in [0.15, 0.2) is 45.3 Å². The molecular weight excluding hydrogens is 485 g/mol. The Hall–Kier alpha value is -2.75. The molecule has 0 saturated carbocycles. The Morgan fingerprint density at radius 3 is 2.67 bits per heavy atom. The Labute approximate surface area is 215 Å². The molecule has 2 bridgehead atoms. The highest BCUT2D eigenvalue weighted by molar-refractivity contribution is 6.43. The summed E-state index contributed by atoms with van der Waals surface area (Å²) in [5, 5.41) is 21.5. The fourth-order valence-corrected chi connectivity index (χ4v) is 5.89. The summed E-state index contributed by atoms with van der Waals surface area (Å²) in [4.78, 5) is 21.9. The first-order valence-electron chi connectivity index (χ1n) is 12.4. The summed E-state index contributed by atoms with van der Waals surface area (Å²) in [7, 11) is 0. The van der Waals surface area contributed by atoms with E-state index in [0.717, 1.165) is 31.4 Å². The second-order valence-electron chi connectivity index (χ2n) is 9.93. The standard InChI is InChI=1S/C26H31ClFN5O3/c1-14-24(27)15(2)31-25(30-14)21-12-32(13-22(21)29)26(35)20-6-3-16(28)9-23(20)36-19-10-17-4-5-18(11-19)33(17)7-8-34/h3,6,9,17-19,29-30,34H,4-5,7-8,10-13H2,1-2H3/b25-21+,29-22?/t17-,18?,19+/m1/s1. The molecule has 0 spiro atoms. The highest BCUT2D eigenvalue weighted by Crippen LogP contribution is 2.38. The number of ether oxygens (including phenoxy) is 1. The average Bonchev–Trinajstić information content (AvgIpc) is 3.33. The fourth-order valence-electron chi connectivity index (χ4n) is 5.80. The first-order chi connectivity index (χ1) is 17.2. The summed E-state index contributed by atoms with van der Waals surface area (Å²) >= 11 is 6.23. The van der Waals surface area contributed by atoms with Crippen LogP contribution in [0.2, 0.25) is 0 Å². The zero-order chi connectivity index (χ0) is 25.6. The topological polar surface area (TPSA) is 101 Å². The van der Waals surface area contributed by atoms with E-state index in [1.54, 1.807) is 11.8 Å². The third-order valence-electron chi connectivity index (χ3n) is 7.53. The second-order valence-corrected chi connectivity index (χ2v) is 10.3. The third kappa shape index (κ3) is 4.67. The molecule has 1 unspecified atom stereocenters. The summed E-state index contributed by atoms with van der Waals surface area (Å²) in [6, 6.07) is 4.67. The van der Waals surface area contributed by atoms with Crippen molar-refractivity contribution < 1.29 is 19.0 Å². The molecule has 36 heavy (non-hydrogen) atoms. The van der Waals surface area contributed by atoms with Gasteiger partial charge in [0.1, 0.15) is 23.5 Å². The Balaban J connectivity index is 1.34. The molecule has 8 nitrogen and oxygen atoms in total. The minimum atomic E-state index is -0.463. The van der Waals surface area contributed by atoms with Gasteiger partial charge in [-0.1, -0.05) is 11.6 Å². The van der Waals surface area contributed by atoms with Crippen molar-refractivity contribution in [2.75, 3.05) is 26.2 Å². The number of aliphatic imine (C=N–C) groups is 1. The predicted octanol–water partition coefficient (Wildman–Crippen LogP) is 3.41. The van der Waals surface area contributed by atoms with Gasteiger partial charge in [0.25, 0.3) is 5.91 Å². The molecule has 0 radical (unpaired) electrons. The quantitative estimate of drug-likeness (QED) is 0.558. The molecule has 0 aromatic heterocycles. The number of likely N-dealkylation sites (tertiary alicyclic amines) is 1. The number of aliphatic hydroxyl groups is 1. The van der Waals surface area contributed by atoms with Gasteiger partial charge >= 0.3 is 0 Å². The van der Waals surface area contributed by atoms with Gasteiger partial charge in [0.05, 0.1) is 41.7 Å². The highest BCUT2D eigenvalue weighted by Gasteiger charge is 2.41. The summed E-state index contributed by atoms with van der Waals surface area (Å²) < 4.78 is 20.5. The number of nitrogens with zero attached hydrogens (tertiary/aromatic N) is 3. The van der Waals surface area contributed by atoms with Crippen LogP contribution in [-0.2, 0) is 0 Å². The van der Waals surface area contributed by atoms with E-state index in [1.165, 1.54) is 18.2 Å². The Kier molecular flexibility index (Phi) is 6.89. The lowest BCUT2D eigenvalue weighted by atomic mass is 9.99. The number of fused-ring (bicyclic) bond motifs is 2. The molecule has 3 fully saturated rings. The van der Waals surface area contributed by atoms with Crippen LogP contribution in [-0.4, -0.2) is 76.7 Å². The van der Waals surface area contributed by atoms with Crippen molar-refractivity contribution in [1.29, 1.82) is 5.41 Å². The van der Waals surface area contributed by atoms with Crippen LogP contribution in [0.4, 0.5) is 4.39 Å². The Bertz CT molecular complexity index is 1180. The van der Waals surface area contributed by atoms with Crippen molar-refractivity contribution in [2.45, 2.75) is 57.7 Å². The second kappa shape index (κ2) is 9.95. The lowest BCUT2D eigenvalue weighted by Crippen LogP contribution is -2.47. The molecule has 1 aromatic rings. The molecule has 10 heteroatoms. The van der Waals surface area contributed by atoms with Crippen LogP contribution in [0, 0.1) is 11.2 Å². The maximum Gasteiger partial charge on any atom is 0.258 e. The Morgan fingerprint density at radius 2 is 2.00 bits per heavy atom. The molecular formula is C26H31ClFN5O3. The van der Waals surface area contributed by atoms with Crippen molar-refractivity contribution in [3.05, 3.63) is 51.7 Å². The van der Waals surface area contributed by atoms with E-state index >= 15 is 0 Å². The number of carbonyl (C=O) groups is 1. The number of hydrogen-bond acceptors (Lipinski definition) is 7. The number of rotatable bonds is 5. The smallest absolute Gasteiger partial charge is 0.258 e. The number of amides is 1. The molecule has 4 aliphatic rings. The van der Waals surface area contributed by atoms with E-state index in [-0.39, 0.29) is 43.0 Å². The van der Waals surface area contributed by atoms with Gasteiger partial charge in [-0.15, -0.1) is 0 Å². The van der Waals surface area contributed by atoms with Gasteiger partial charge in [0, 0.05) is 36.0 Å². The van der Waals surface area contributed by atoms with E-state index in [0.29, 0.717) is 46.5 Å². The highest BCUT2D eigenvalue weighted by atomic mass is 35.5. The monoisotopic (exact) mass is 515 g/mol. The normalized spacial score (nSPS) is 28.5. The maximum atomic E-state index is 14.2. The lowest BCUT2D eigenvalue weighted by Gasteiger charge is -2.38. The van der Waals surface area contributed by atoms with Gasteiger partial charge in [0.15, 0.2) is 0 Å². The number of hydrogen-bond donors (Lipinski definition) is 3. The zero-order valence-corrected chi connectivity index (χ0v) is 21.2. The Morgan fingerprint density at radius 1 is 1.28 bits per heavy atom. The van der Waals surface area contributed by atoms with Gasteiger partial charge in [-0.05, 0) is 51.7 Å². The van der Waals surface area contributed by atoms with Gasteiger partial charge in [-0.25, -0.2) is 9.38 Å². The molecule has 192 valence electrons. The van der Waals surface area contributed by atoms with E-state index in [4.69, 9.17) is 21.7 Å². The van der Waals surface area contributed by atoms with Crippen LogP contribution >= 0.6 is 11.6 Å². The minimum absolute atomic E-state index is 0.122. The van der Waals surface area contributed by atoms with Crippen LogP contribution < -0.4 is 10.1 Å². The maximum absolute atomic E-state index is 14.2. The lowest BCUT2D eigenvalue weighted by molar-refractivity contribution is 0.0382. The molecule has 1 aromatic carbocycles. The number of aliphatic hydroxyl groups excluding tert-OH is 1. The summed E-state index contributed by atoms with van der Waals surface area (Å²) in [6.07, 6.45) is 3.56. The van der Waals surface area contributed by atoms with Crippen LogP contribution in [0.3, 0.4) is 0 Å². The fraction of sp³-hybridized carbons (Fsp3) is 0.500. The molecule has 3 saturated heterocycles. The number of benzene rings is 1. The number of nitrogens with one attached hydrogen (secondary N) is 2. The first kappa shape index (κ1) is 24.9. The van der Waals surface area contributed by atoms with E-state index in [9.17, 15) is 14.3 Å².